The van der Waals surface area contributed by atoms with Gasteiger partial charge in [0.2, 0.25) is 0 Å². The van der Waals surface area contributed by atoms with Crippen LogP contribution in [-0.4, -0.2) is 20.9 Å². The Labute approximate surface area is 145 Å². The molecule has 3 aromatic rings. The van der Waals surface area contributed by atoms with E-state index in [1.54, 1.807) is 24.2 Å². The van der Waals surface area contributed by atoms with Gasteiger partial charge in [-0.15, -0.1) is 10.2 Å². The highest BCUT2D eigenvalue weighted by Gasteiger charge is 2.08. The highest BCUT2D eigenvalue weighted by Crippen LogP contribution is 2.22. The summed E-state index contributed by atoms with van der Waals surface area (Å²) in [7, 11) is 0. The Balaban J connectivity index is 1.49. The minimum absolute atomic E-state index is 0.280. The van der Waals surface area contributed by atoms with E-state index in [-0.39, 0.29) is 6.61 Å². The summed E-state index contributed by atoms with van der Waals surface area (Å²) in [5.41, 5.74) is 3.50. The molecule has 0 aliphatic heterocycles. The van der Waals surface area contributed by atoms with E-state index in [4.69, 9.17) is 9.15 Å². The topological polar surface area (TPSA) is 61.0 Å². The third kappa shape index (κ3) is 4.58. The van der Waals surface area contributed by atoms with E-state index >= 15 is 0 Å². The van der Waals surface area contributed by atoms with Gasteiger partial charge in [-0.05, 0) is 55.2 Å². The van der Waals surface area contributed by atoms with Crippen LogP contribution in [0.2, 0.25) is 0 Å². The molecule has 5 nitrogen and oxygen atoms in total. The highest BCUT2D eigenvalue weighted by molar-refractivity contribution is 7.99. The molecule has 6 heteroatoms. The number of hydrogen-bond acceptors (Lipinski definition) is 6. The second kappa shape index (κ2) is 7.97. The molecule has 2 aromatic heterocycles. The Morgan fingerprint density at radius 2 is 1.92 bits per heavy atom. The Hall–Kier alpha value is -2.34. The zero-order chi connectivity index (χ0) is 16.8. The van der Waals surface area contributed by atoms with Gasteiger partial charge in [-0.25, -0.2) is 0 Å². The lowest BCUT2D eigenvalue weighted by Gasteiger charge is -2.07. The van der Waals surface area contributed by atoms with Crippen molar-refractivity contribution >= 4 is 11.8 Å². The minimum Gasteiger partial charge on any atom is -0.484 e. The quantitative estimate of drug-likeness (QED) is 0.606. The van der Waals surface area contributed by atoms with E-state index < -0.39 is 0 Å². The Morgan fingerprint density at radius 3 is 2.75 bits per heavy atom. The molecule has 0 fully saturated rings. The van der Waals surface area contributed by atoms with E-state index in [9.17, 15) is 0 Å². The first kappa shape index (κ1) is 16.5. The maximum absolute atomic E-state index is 5.78. The first-order valence-corrected chi connectivity index (χ1v) is 8.73. The molecule has 0 unspecified atom stereocenters. The SMILES string of the molecule is Cc1ccc(C)c(OCc2nnc(SCCc3ccncc3)o2)c1. The third-order valence-electron chi connectivity index (χ3n) is 3.51. The molecule has 0 atom stereocenters. The van der Waals surface area contributed by atoms with Crippen LogP contribution in [0.3, 0.4) is 0 Å². The zero-order valence-corrected chi connectivity index (χ0v) is 14.5. The van der Waals surface area contributed by atoms with Crippen LogP contribution in [0.5, 0.6) is 5.75 Å². The summed E-state index contributed by atoms with van der Waals surface area (Å²) in [6, 6.07) is 10.1. The average molecular weight is 341 g/mol. The first-order chi connectivity index (χ1) is 11.7. The van der Waals surface area contributed by atoms with Gasteiger partial charge in [0.05, 0.1) is 0 Å². The molecule has 0 aliphatic carbocycles. The number of thioether (sulfide) groups is 1. The summed E-state index contributed by atoms with van der Waals surface area (Å²) in [6.07, 6.45) is 4.54. The number of aromatic nitrogens is 3. The standard InChI is InChI=1S/C18H19N3O2S/c1-13-3-4-14(2)16(11-13)22-12-17-20-21-18(23-17)24-10-7-15-5-8-19-9-6-15/h3-6,8-9,11H,7,10,12H2,1-2H3. The molecule has 3 rings (SSSR count). The monoisotopic (exact) mass is 341 g/mol. The van der Waals surface area contributed by atoms with Crippen LogP contribution < -0.4 is 4.74 Å². The Bertz CT molecular complexity index is 790. The summed E-state index contributed by atoms with van der Waals surface area (Å²) in [5.74, 6) is 2.21. The third-order valence-corrected chi connectivity index (χ3v) is 4.33. The molecule has 0 bridgehead atoms. The number of rotatable bonds is 7. The van der Waals surface area contributed by atoms with Crippen LogP contribution in [0.25, 0.3) is 0 Å². The molecule has 0 amide bonds. The number of hydrogen-bond donors (Lipinski definition) is 0. The number of aryl methyl sites for hydroxylation is 3. The number of pyridine rings is 1. The molecule has 0 aliphatic rings. The number of nitrogens with zero attached hydrogens (tertiary/aromatic N) is 3. The van der Waals surface area contributed by atoms with E-state index in [0.29, 0.717) is 11.1 Å². The summed E-state index contributed by atoms with van der Waals surface area (Å²) in [4.78, 5) is 4.01. The van der Waals surface area contributed by atoms with Crippen molar-refractivity contribution in [3.05, 3.63) is 65.3 Å². The van der Waals surface area contributed by atoms with Gasteiger partial charge >= 0.3 is 0 Å². The predicted molar refractivity (Wildman–Crippen MR) is 93.2 cm³/mol. The maximum Gasteiger partial charge on any atom is 0.276 e. The van der Waals surface area contributed by atoms with Crippen molar-refractivity contribution in [3.63, 3.8) is 0 Å². The van der Waals surface area contributed by atoms with Crippen molar-refractivity contribution in [2.24, 2.45) is 0 Å². The van der Waals surface area contributed by atoms with E-state index in [1.807, 2.05) is 38.1 Å². The van der Waals surface area contributed by atoms with Crippen LogP contribution in [0.4, 0.5) is 0 Å². The smallest absolute Gasteiger partial charge is 0.276 e. The van der Waals surface area contributed by atoms with E-state index in [0.717, 1.165) is 29.1 Å². The van der Waals surface area contributed by atoms with Gasteiger partial charge in [0.15, 0.2) is 6.61 Å². The fourth-order valence-electron chi connectivity index (χ4n) is 2.16. The first-order valence-electron chi connectivity index (χ1n) is 7.75. The molecule has 124 valence electrons. The molecule has 0 N–H and O–H groups in total. The molecule has 0 spiro atoms. The molecular weight excluding hydrogens is 322 g/mol. The molecule has 0 saturated carbocycles. The lowest BCUT2D eigenvalue weighted by molar-refractivity contribution is 0.250. The molecule has 0 saturated heterocycles. The van der Waals surface area contributed by atoms with Crippen LogP contribution in [0, 0.1) is 13.8 Å². The summed E-state index contributed by atoms with van der Waals surface area (Å²) >= 11 is 1.55. The summed E-state index contributed by atoms with van der Waals surface area (Å²) < 4.78 is 11.4. The highest BCUT2D eigenvalue weighted by atomic mass is 32.2. The van der Waals surface area contributed by atoms with Gasteiger partial charge in [0, 0.05) is 18.1 Å². The van der Waals surface area contributed by atoms with Crippen LogP contribution in [0.15, 0.2) is 52.4 Å². The number of ether oxygens (including phenoxy) is 1. The van der Waals surface area contributed by atoms with Crippen LogP contribution >= 0.6 is 11.8 Å². The molecule has 1 aromatic carbocycles. The minimum atomic E-state index is 0.280. The average Bonchev–Trinajstić information content (AvgIpc) is 3.04. The van der Waals surface area contributed by atoms with E-state index in [1.165, 1.54) is 5.56 Å². The second-order valence-corrected chi connectivity index (χ2v) is 6.52. The van der Waals surface area contributed by atoms with Crippen molar-refractivity contribution in [2.75, 3.05) is 5.75 Å². The Morgan fingerprint density at radius 1 is 1.08 bits per heavy atom. The predicted octanol–water partition coefficient (Wildman–Crippen LogP) is 4.00. The van der Waals surface area contributed by atoms with Crippen molar-refractivity contribution in [1.29, 1.82) is 0 Å². The fraction of sp³-hybridized carbons (Fsp3) is 0.278. The van der Waals surface area contributed by atoms with Crippen LogP contribution in [0.1, 0.15) is 22.6 Å². The second-order valence-electron chi connectivity index (χ2n) is 5.47. The van der Waals surface area contributed by atoms with Crippen molar-refractivity contribution in [3.8, 4) is 5.75 Å². The molecular formula is C18H19N3O2S. The van der Waals surface area contributed by atoms with Gasteiger partial charge < -0.3 is 9.15 Å². The van der Waals surface area contributed by atoms with Crippen molar-refractivity contribution in [2.45, 2.75) is 32.1 Å². The maximum atomic E-state index is 5.78. The Kier molecular flexibility index (Phi) is 5.48. The lowest BCUT2D eigenvalue weighted by atomic mass is 10.1. The van der Waals surface area contributed by atoms with Crippen LogP contribution in [-0.2, 0) is 13.0 Å². The molecule has 2 heterocycles. The normalized spacial score (nSPS) is 10.8. The van der Waals surface area contributed by atoms with Crippen molar-refractivity contribution < 1.29 is 9.15 Å². The van der Waals surface area contributed by atoms with Gasteiger partial charge in [-0.2, -0.15) is 0 Å². The largest absolute Gasteiger partial charge is 0.484 e. The van der Waals surface area contributed by atoms with Gasteiger partial charge in [0.1, 0.15) is 5.75 Å². The van der Waals surface area contributed by atoms with Gasteiger partial charge in [-0.1, -0.05) is 23.9 Å². The van der Waals surface area contributed by atoms with Gasteiger partial charge in [-0.3, -0.25) is 4.98 Å². The number of benzene rings is 1. The van der Waals surface area contributed by atoms with Gasteiger partial charge in [0.25, 0.3) is 11.1 Å². The molecule has 24 heavy (non-hydrogen) atoms. The fourth-order valence-corrected chi connectivity index (χ4v) is 2.93. The summed E-state index contributed by atoms with van der Waals surface area (Å²) in [5, 5.41) is 8.66. The van der Waals surface area contributed by atoms with Crippen molar-refractivity contribution in [1.82, 2.24) is 15.2 Å². The lowest BCUT2D eigenvalue weighted by Crippen LogP contribution is -1.97. The summed E-state index contributed by atoms with van der Waals surface area (Å²) in [6.45, 7) is 4.34. The van der Waals surface area contributed by atoms with E-state index in [2.05, 4.69) is 21.2 Å². The zero-order valence-electron chi connectivity index (χ0n) is 13.7. The molecule has 0 radical (unpaired) electrons.